The van der Waals surface area contributed by atoms with Crippen molar-refractivity contribution < 1.29 is 4.79 Å². The van der Waals surface area contributed by atoms with Gasteiger partial charge in [-0.15, -0.1) is 0 Å². The first-order valence-electron chi connectivity index (χ1n) is 8.00. The molecule has 0 unspecified atom stereocenters. The highest BCUT2D eigenvalue weighted by Gasteiger charge is 2.07. The molecule has 1 amide bonds. The van der Waals surface area contributed by atoms with E-state index in [1.807, 2.05) is 38.2 Å². The Bertz CT molecular complexity index is 903. The third-order valence-corrected chi connectivity index (χ3v) is 4.00. The molecule has 0 saturated carbocycles. The standard InChI is InChI=1S/C18H21N5O/c1-4-14-6-5-7-16-15(9-19-18(14)16)10-20-21-17(24)11-23-13(3)8-12(2)22-23/h5-10,19H,4,11H2,1-3H3,(H,21,24)/b20-10-. The van der Waals surface area contributed by atoms with Gasteiger partial charge in [-0.1, -0.05) is 25.1 Å². The number of aromatic nitrogens is 3. The molecule has 0 saturated heterocycles. The number of hydrogen-bond donors (Lipinski definition) is 2. The van der Waals surface area contributed by atoms with Gasteiger partial charge in [-0.3, -0.25) is 9.48 Å². The number of aromatic amines is 1. The first-order valence-corrected chi connectivity index (χ1v) is 8.00. The molecule has 124 valence electrons. The Morgan fingerprint density at radius 1 is 1.42 bits per heavy atom. The Hall–Kier alpha value is -2.89. The van der Waals surface area contributed by atoms with Crippen molar-refractivity contribution in [3.63, 3.8) is 0 Å². The van der Waals surface area contributed by atoms with Gasteiger partial charge in [-0.05, 0) is 31.9 Å². The molecular formula is C18H21N5O. The summed E-state index contributed by atoms with van der Waals surface area (Å²) >= 11 is 0. The number of nitrogens with zero attached hydrogens (tertiary/aromatic N) is 3. The average Bonchev–Trinajstić information content (AvgIpc) is 3.10. The molecule has 6 heteroatoms. The van der Waals surface area contributed by atoms with Gasteiger partial charge in [-0.25, -0.2) is 5.43 Å². The third-order valence-electron chi connectivity index (χ3n) is 4.00. The van der Waals surface area contributed by atoms with E-state index >= 15 is 0 Å². The molecule has 2 aromatic heterocycles. The van der Waals surface area contributed by atoms with Crippen LogP contribution in [0.25, 0.3) is 10.9 Å². The van der Waals surface area contributed by atoms with Crippen molar-refractivity contribution in [3.05, 3.63) is 53.0 Å². The van der Waals surface area contributed by atoms with E-state index in [1.54, 1.807) is 10.9 Å². The minimum Gasteiger partial charge on any atom is -0.360 e. The van der Waals surface area contributed by atoms with E-state index in [9.17, 15) is 4.79 Å². The number of fused-ring (bicyclic) bond motifs is 1. The monoisotopic (exact) mass is 323 g/mol. The summed E-state index contributed by atoms with van der Waals surface area (Å²) in [4.78, 5) is 15.3. The number of nitrogens with one attached hydrogen (secondary N) is 2. The van der Waals surface area contributed by atoms with Gasteiger partial charge in [0.1, 0.15) is 6.54 Å². The third kappa shape index (κ3) is 3.22. The molecule has 6 nitrogen and oxygen atoms in total. The van der Waals surface area contributed by atoms with E-state index in [0.29, 0.717) is 0 Å². The predicted molar refractivity (Wildman–Crippen MR) is 95.1 cm³/mol. The van der Waals surface area contributed by atoms with Crippen molar-refractivity contribution in [1.82, 2.24) is 20.2 Å². The number of H-pyrrole nitrogens is 1. The highest BCUT2D eigenvalue weighted by atomic mass is 16.2. The van der Waals surface area contributed by atoms with Crippen LogP contribution in [0.1, 0.15) is 29.4 Å². The van der Waals surface area contributed by atoms with Gasteiger partial charge in [0.15, 0.2) is 0 Å². The SMILES string of the molecule is CCc1cccc2c(/C=N\NC(=O)Cn3nc(C)cc3C)c[nH]c12. The molecule has 1 aromatic carbocycles. The maximum Gasteiger partial charge on any atom is 0.261 e. The summed E-state index contributed by atoms with van der Waals surface area (Å²) < 4.78 is 1.67. The highest BCUT2D eigenvalue weighted by molar-refractivity contribution is 6.00. The summed E-state index contributed by atoms with van der Waals surface area (Å²) in [5, 5.41) is 9.44. The van der Waals surface area contributed by atoms with Crippen LogP contribution in [0.2, 0.25) is 0 Å². The fraction of sp³-hybridized carbons (Fsp3) is 0.278. The molecule has 2 heterocycles. The summed E-state index contributed by atoms with van der Waals surface area (Å²) in [5.74, 6) is -0.202. The summed E-state index contributed by atoms with van der Waals surface area (Å²) in [5.41, 5.74) is 7.74. The van der Waals surface area contributed by atoms with Gasteiger partial charge in [0.2, 0.25) is 0 Å². The molecular weight excluding hydrogens is 302 g/mol. The summed E-state index contributed by atoms with van der Waals surface area (Å²) in [6.07, 6.45) is 4.53. The number of carbonyl (C=O) groups is 1. The van der Waals surface area contributed by atoms with E-state index in [-0.39, 0.29) is 12.5 Å². The van der Waals surface area contributed by atoms with Gasteiger partial charge in [0.25, 0.3) is 5.91 Å². The minimum absolute atomic E-state index is 0.158. The van der Waals surface area contributed by atoms with Crippen LogP contribution in [0.5, 0.6) is 0 Å². The van der Waals surface area contributed by atoms with Crippen LogP contribution in [-0.4, -0.2) is 26.9 Å². The van der Waals surface area contributed by atoms with Gasteiger partial charge >= 0.3 is 0 Å². The lowest BCUT2D eigenvalue weighted by molar-refractivity contribution is -0.121. The van der Waals surface area contributed by atoms with E-state index in [4.69, 9.17) is 0 Å². The molecule has 2 N–H and O–H groups in total. The number of hydrogen-bond acceptors (Lipinski definition) is 3. The predicted octanol–water partition coefficient (Wildman–Crippen LogP) is 2.69. The minimum atomic E-state index is -0.202. The van der Waals surface area contributed by atoms with Gasteiger partial charge in [-0.2, -0.15) is 10.2 Å². The maximum atomic E-state index is 12.0. The van der Waals surface area contributed by atoms with Crippen LogP contribution >= 0.6 is 0 Å². The zero-order valence-electron chi connectivity index (χ0n) is 14.1. The Morgan fingerprint density at radius 2 is 2.25 bits per heavy atom. The van der Waals surface area contributed by atoms with Crippen LogP contribution in [0.3, 0.4) is 0 Å². The zero-order chi connectivity index (χ0) is 17.1. The average molecular weight is 323 g/mol. The van der Waals surface area contributed by atoms with Gasteiger partial charge in [0, 0.05) is 28.4 Å². The number of aryl methyl sites for hydroxylation is 3. The van der Waals surface area contributed by atoms with Gasteiger partial charge < -0.3 is 4.98 Å². The van der Waals surface area contributed by atoms with Crippen LogP contribution in [0, 0.1) is 13.8 Å². The molecule has 0 bridgehead atoms. The van der Waals surface area contributed by atoms with Crippen molar-refractivity contribution >= 4 is 23.0 Å². The largest absolute Gasteiger partial charge is 0.360 e. The number of rotatable bonds is 5. The molecule has 0 radical (unpaired) electrons. The molecule has 0 aliphatic carbocycles. The van der Waals surface area contributed by atoms with E-state index in [2.05, 4.69) is 33.6 Å². The fourth-order valence-electron chi connectivity index (χ4n) is 2.82. The van der Waals surface area contributed by atoms with Crippen molar-refractivity contribution in [1.29, 1.82) is 0 Å². The first-order chi connectivity index (χ1) is 11.6. The molecule has 0 aliphatic rings. The van der Waals surface area contributed by atoms with Crippen molar-refractivity contribution in [2.75, 3.05) is 0 Å². The Kier molecular flexibility index (Phi) is 4.46. The Balaban J connectivity index is 1.68. The number of hydrazone groups is 1. The van der Waals surface area contributed by atoms with Crippen LogP contribution < -0.4 is 5.43 Å². The molecule has 0 atom stereocenters. The van der Waals surface area contributed by atoms with Crippen LogP contribution in [-0.2, 0) is 17.8 Å². The lowest BCUT2D eigenvalue weighted by atomic mass is 10.1. The number of carbonyl (C=O) groups excluding carboxylic acids is 1. The number of amides is 1. The highest BCUT2D eigenvalue weighted by Crippen LogP contribution is 2.20. The van der Waals surface area contributed by atoms with E-state index < -0.39 is 0 Å². The smallest absolute Gasteiger partial charge is 0.261 e. The van der Waals surface area contributed by atoms with Gasteiger partial charge in [0.05, 0.1) is 11.9 Å². The number of para-hydroxylation sites is 1. The Morgan fingerprint density at radius 3 is 2.96 bits per heavy atom. The molecule has 0 aliphatic heterocycles. The molecule has 3 aromatic rings. The fourth-order valence-corrected chi connectivity index (χ4v) is 2.82. The van der Waals surface area contributed by atoms with Crippen molar-refractivity contribution in [3.8, 4) is 0 Å². The second kappa shape index (κ2) is 6.70. The van der Waals surface area contributed by atoms with E-state index in [0.717, 1.165) is 34.3 Å². The maximum absolute atomic E-state index is 12.0. The summed E-state index contributed by atoms with van der Waals surface area (Å²) in [6, 6.07) is 8.13. The summed E-state index contributed by atoms with van der Waals surface area (Å²) in [7, 11) is 0. The molecule has 0 fully saturated rings. The van der Waals surface area contributed by atoms with Crippen molar-refractivity contribution in [2.24, 2.45) is 5.10 Å². The number of benzene rings is 1. The van der Waals surface area contributed by atoms with Crippen LogP contribution in [0.4, 0.5) is 0 Å². The van der Waals surface area contributed by atoms with Crippen LogP contribution in [0.15, 0.2) is 35.6 Å². The lowest BCUT2D eigenvalue weighted by Crippen LogP contribution is -2.24. The lowest BCUT2D eigenvalue weighted by Gasteiger charge is -2.02. The quantitative estimate of drug-likeness (QED) is 0.559. The molecule has 24 heavy (non-hydrogen) atoms. The molecule has 3 rings (SSSR count). The second-order valence-electron chi connectivity index (χ2n) is 5.82. The second-order valence-corrected chi connectivity index (χ2v) is 5.82. The van der Waals surface area contributed by atoms with E-state index in [1.165, 1.54) is 5.56 Å². The molecule has 0 spiro atoms. The first kappa shape index (κ1) is 16.0. The zero-order valence-corrected chi connectivity index (χ0v) is 14.1. The van der Waals surface area contributed by atoms with Crippen molar-refractivity contribution in [2.45, 2.75) is 33.7 Å². The normalized spacial score (nSPS) is 11.5. The Labute approximate surface area is 140 Å². The summed E-state index contributed by atoms with van der Waals surface area (Å²) in [6.45, 7) is 6.11. The topological polar surface area (TPSA) is 75.1 Å².